The number of hydrogen-bond donors (Lipinski definition) is 1. The Hall–Kier alpha value is -1.69. The molecule has 0 saturated carbocycles. The number of benzene rings is 3. The summed E-state index contributed by atoms with van der Waals surface area (Å²) in [5.74, 6) is 0.616. The molecular formula is C24H24Cl4FNO2. The van der Waals surface area contributed by atoms with Crippen molar-refractivity contribution in [1.82, 2.24) is 5.32 Å². The summed E-state index contributed by atoms with van der Waals surface area (Å²) in [7, 11) is 0. The average Bonchev–Trinajstić information content (AvgIpc) is 2.73. The second-order valence-corrected chi connectivity index (χ2v) is 8.13. The van der Waals surface area contributed by atoms with Gasteiger partial charge in [-0.2, -0.15) is 0 Å². The molecule has 0 aromatic heterocycles. The molecule has 0 unspecified atom stereocenters. The first-order chi connectivity index (χ1) is 15.0. The van der Waals surface area contributed by atoms with Crippen LogP contribution in [0.15, 0.2) is 54.6 Å². The lowest BCUT2D eigenvalue weighted by molar-refractivity contribution is 0.266. The van der Waals surface area contributed by atoms with E-state index in [1.807, 2.05) is 31.2 Å². The molecule has 3 aromatic carbocycles. The normalized spacial score (nSPS) is 10.5. The Morgan fingerprint density at radius 2 is 1.69 bits per heavy atom. The molecule has 0 aliphatic rings. The van der Waals surface area contributed by atoms with E-state index in [1.165, 1.54) is 6.07 Å². The third kappa shape index (κ3) is 7.43. The van der Waals surface area contributed by atoms with Crippen molar-refractivity contribution in [2.24, 2.45) is 0 Å². The molecule has 0 atom stereocenters. The first-order valence-electron chi connectivity index (χ1n) is 9.94. The summed E-state index contributed by atoms with van der Waals surface area (Å²) in [6.07, 6.45) is 0.770. The Labute approximate surface area is 209 Å². The lowest BCUT2D eigenvalue weighted by atomic mass is 10.1. The zero-order chi connectivity index (χ0) is 22.2. The predicted octanol–water partition coefficient (Wildman–Crippen LogP) is 7.52. The van der Waals surface area contributed by atoms with Crippen LogP contribution in [0.1, 0.15) is 23.6 Å². The smallest absolute Gasteiger partial charge is 0.180 e. The molecule has 32 heavy (non-hydrogen) atoms. The summed E-state index contributed by atoms with van der Waals surface area (Å²) in [5, 5.41) is 5.08. The second kappa shape index (κ2) is 13.1. The van der Waals surface area contributed by atoms with Crippen LogP contribution < -0.4 is 14.8 Å². The second-order valence-electron chi connectivity index (χ2n) is 6.88. The van der Waals surface area contributed by atoms with E-state index >= 15 is 0 Å². The molecule has 0 aliphatic heterocycles. The SMILES string of the molecule is CCOc1cc(CNCCc2ccc(Cl)cc2Cl)cc(Cl)c1OCc1ccccc1F.Cl. The zero-order valence-electron chi connectivity index (χ0n) is 17.5. The number of nitrogens with one attached hydrogen (secondary N) is 1. The van der Waals surface area contributed by atoms with E-state index in [9.17, 15) is 4.39 Å². The van der Waals surface area contributed by atoms with Gasteiger partial charge in [0, 0.05) is 22.2 Å². The van der Waals surface area contributed by atoms with Gasteiger partial charge in [-0.1, -0.05) is 59.1 Å². The number of ether oxygens (including phenoxy) is 2. The summed E-state index contributed by atoms with van der Waals surface area (Å²) in [4.78, 5) is 0. The van der Waals surface area contributed by atoms with Crippen LogP contribution in [-0.4, -0.2) is 13.2 Å². The average molecular weight is 519 g/mol. The van der Waals surface area contributed by atoms with Crippen LogP contribution in [0.5, 0.6) is 11.5 Å². The molecule has 0 spiro atoms. The van der Waals surface area contributed by atoms with E-state index < -0.39 is 0 Å². The molecular weight excluding hydrogens is 495 g/mol. The van der Waals surface area contributed by atoms with Crippen LogP contribution in [0.4, 0.5) is 4.39 Å². The molecule has 8 heteroatoms. The Morgan fingerprint density at radius 1 is 0.906 bits per heavy atom. The van der Waals surface area contributed by atoms with E-state index in [0.717, 1.165) is 24.1 Å². The molecule has 0 heterocycles. The largest absolute Gasteiger partial charge is 0.490 e. The Balaban J connectivity index is 0.00000363. The molecule has 3 nitrogen and oxygen atoms in total. The maximum Gasteiger partial charge on any atom is 0.180 e. The summed E-state index contributed by atoms with van der Waals surface area (Å²) in [6.45, 7) is 3.73. The third-order valence-corrected chi connectivity index (χ3v) is 5.48. The van der Waals surface area contributed by atoms with Gasteiger partial charge in [0.2, 0.25) is 0 Å². The van der Waals surface area contributed by atoms with Crippen molar-refractivity contribution in [1.29, 1.82) is 0 Å². The van der Waals surface area contributed by atoms with Gasteiger partial charge in [-0.05, 0) is 61.3 Å². The topological polar surface area (TPSA) is 30.5 Å². The summed E-state index contributed by atoms with van der Waals surface area (Å²) in [6, 6.07) is 15.7. The van der Waals surface area contributed by atoms with Gasteiger partial charge < -0.3 is 14.8 Å². The van der Waals surface area contributed by atoms with Gasteiger partial charge in [0.15, 0.2) is 11.5 Å². The number of hydrogen-bond acceptors (Lipinski definition) is 3. The Kier molecular flexibility index (Phi) is 10.9. The molecule has 3 aromatic rings. The minimum absolute atomic E-state index is 0. The molecule has 1 N–H and O–H groups in total. The van der Waals surface area contributed by atoms with Gasteiger partial charge >= 0.3 is 0 Å². The van der Waals surface area contributed by atoms with Gasteiger partial charge in [-0.3, -0.25) is 0 Å². The number of rotatable bonds is 10. The highest BCUT2D eigenvalue weighted by Crippen LogP contribution is 2.37. The highest BCUT2D eigenvalue weighted by atomic mass is 35.5. The van der Waals surface area contributed by atoms with Crippen molar-refractivity contribution in [2.45, 2.75) is 26.5 Å². The molecule has 3 rings (SSSR count). The Morgan fingerprint density at radius 3 is 2.41 bits per heavy atom. The van der Waals surface area contributed by atoms with Crippen molar-refractivity contribution in [3.05, 3.63) is 92.2 Å². The van der Waals surface area contributed by atoms with Crippen LogP contribution in [0.2, 0.25) is 15.1 Å². The zero-order valence-corrected chi connectivity index (χ0v) is 20.6. The molecule has 0 radical (unpaired) electrons. The monoisotopic (exact) mass is 517 g/mol. The molecule has 0 amide bonds. The fourth-order valence-electron chi connectivity index (χ4n) is 3.07. The number of halogens is 5. The minimum Gasteiger partial charge on any atom is -0.490 e. The minimum atomic E-state index is -0.321. The van der Waals surface area contributed by atoms with E-state index in [2.05, 4.69) is 5.32 Å². The summed E-state index contributed by atoms with van der Waals surface area (Å²) >= 11 is 18.6. The lowest BCUT2D eigenvalue weighted by Gasteiger charge is -2.16. The maximum absolute atomic E-state index is 13.9. The summed E-state index contributed by atoms with van der Waals surface area (Å²) < 4.78 is 25.4. The fraction of sp³-hybridized carbons (Fsp3) is 0.250. The van der Waals surface area contributed by atoms with Crippen molar-refractivity contribution >= 4 is 47.2 Å². The van der Waals surface area contributed by atoms with Gasteiger partial charge in [-0.15, -0.1) is 12.4 Å². The van der Waals surface area contributed by atoms with Gasteiger partial charge in [0.1, 0.15) is 12.4 Å². The highest BCUT2D eigenvalue weighted by molar-refractivity contribution is 6.35. The molecule has 0 saturated heterocycles. The highest BCUT2D eigenvalue weighted by Gasteiger charge is 2.14. The standard InChI is InChI=1S/C24H23Cl3FNO2.ClH/c1-2-30-23-12-16(14-29-10-9-17-7-8-19(25)13-20(17)26)11-21(27)24(23)31-15-18-5-3-4-6-22(18)28;/h3-8,11-13,29H,2,9-10,14-15H2,1H3;1H. The lowest BCUT2D eigenvalue weighted by Crippen LogP contribution is -2.17. The molecule has 0 bridgehead atoms. The van der Waals surface area contributed by atoms with Crippen molar-refractivity contribution in [2.75, 3.05) is 13.2 Å². The third-order valence-electron chi connectivity index (χ3n) is 4.61. The predicted molar refractivity (Wildman–Crippen MR) is 132 cm³/mol. The fourth-order valence-corrected chi connectivity index (χ4v) is 3.86. The van der Waals surface area contributed by atoms with Gasteiger partial charge in [-0.25, -0.2) is 4.39 Å². The van der Waals surface area contributed by atoms with Crippen LogP contribution >= 0.6 is 47.2 Å². The first kappa shape index (κ1) is 26.6. The van der Waals surface area contributed by atoms with E-state index in [0.29, 0.717) is 45.3 Å². The maximum atomic E-state index is 13.9. The quantitative estimate of drug-likeness (QED) is 0.281. The van der Waals surface area contributed by atoms with E-state index in [1.54, 1.807) is 24.3 Å². The van der Waals surface area contributed by atoms with Crippen molar-refractivity contribution in [3.63, 3.8) is 0 Å². The van der Waals surface area contributed by atoms with E-state index in [-0.39, 0.29) is 24.8 Å². The van der Waals surface area contributed by atoms with Crippen LogP contribution in [-0.2, 0) is 19.6 Å². The molecule has 0 fully saturated rings. The van der Waals surface area contributed by atoms with Gasteiger partial charge in [0.25, 0.3) is 0 Å². The van der Waals surface area contributed by atoms with Crippen molar-refractivity contribution in [3.8, 4) is 11.5 Å². The first-order valence-corrected chi connectivity index (χ1v) is 11.1. The molecule has 0 aliphatic carbocycles. The van der Waals surface area contributed by atoms with Crippen LogP contribution in [0, 0.1) is 5.82 Å². The Bertz CT molecular complexity index is 1030. The van der Waals surface area contributed by atoms with E-state index in [4.69, 9.17) is 44.3 Å². The summed E-state index contributed by atoms with van der Waals surface area (Å²) in [5.41, 5.74) is 2.44. The molecule has 172 valence electrons. The van der Waals surface area contributed by atoms with Crippen LogP contribution in [0.3, 0.4) is 0 Å². The van der Waals surface area contributed by atoms with Crippen LogP contribution in [0.25, 0.3) is 0 Å². The van der Waals surface area contributed by atoms with Crippen molar-refractivity contribution < 1.29 is 13.9 Å². The van der Waals surface area contributed by atoms with Gasteiger partial charge in [0.05, 0.1) is 11.6 Å².